The molecule has 0 saturated heterocycles. The summed E-state index contributed by atoms with van der Waals surface area (Å²) in [6.45, 7) is 1.56. The maximum absolute atomic E-state index is 11.7. The fourth-order valence-electron chi connectivity index (χ4n) is 1.34. The van der Waals surface area contributed by atoms with Gasteiger partial charge in [-0.25, -0.2) is 9.97 Å². The third kappa shape index (κ3) is 1.47. The van der Waals surface area contributed by atoms with E-state index in [4.69, 9.17) is 0 Å². The number of fused-ring (bicyclic) bond motifs is 1. The lowest BCUT2D eigenvalue weighted by Gasteiger charge is -2.04. The Hall–Kier alpha value is -2.18. The minimum atomic E-state index is -1.31. The number of nitrogens with zero attached hydrogens (tertiary/aromatic N) is 3. The predicted octanol–water partition coefficient (Wildman–Crippen LogP) is -1.98. The lowest BCUT2D eigenvalue weighted by atomic mass is 10.2. The number of aromatic nitrogens is 4. The molecule has 0 saturated carbocycles. The van der Waals surface area contributed by atoms with Crippen LogP contribution >= 0.6 is 0 Å². The first-order valence-electron chi connectivity index (χ1n) is 4.21. The summed E-state index contributed by atoms with van der Waals surface area (Å²) < 4.78 is 1.09. The van der Waals surface area contributed by atoms with Gasteiger partial charge in [0.2, 0.25) is 0 Å². The Kier molecular flexibility index (Phi) is 2.00. The largest absolute Gasteiger partial charge is 0.550 e. The number of carbonyl (C=O) groups is 1. The van der Waals surface area contributed by atoms with Crippen molar-refractivity contribution in [1.82, 2.24) is 19.6 Å². The third-order valence-electron chi connectivity index (χ3n) is 2.05. The van der Waals surface area contributed by atoms with E-state index in [1.807, 2.05) is 0 Å². The van der Waals surface area contributed by atoms with Crippen LogP contribution in [-0.4, -0.2) is 25.6 Å². The molecule has 2 heterocycles. The molecule has 7 heteroatoms. The molecular weight excluding hydrogens is 200 g/mol. The van der Waals surface area contributed by atoms with E-state index < -0.39 is 17.9 Å². The first-order chi connectivity index (χ1) is 7.09. The van der Waals surface area contributed by atoms with Crippen molar-refractivity contribution in [2.24, 2.45) is 0 Å². The molecule has 2 aromatic rings. The molecule has 0 aromatic carbocycles. The van der Waals surface area contributed by atoms with Crippen molar-refractivity contribution in [3.8, 4) is 0 Å². The second kappa shape index (κ2) is 3.19. The van der Waals surface area contributed by atoms with Gasteiger partial charge in [-0.05, 0) is 6.92 Å². The van der Waals surface area contributed by atoms with Crippen molar-refractivity contribution >= 4 is 11.7 Å². The number of hydrogen-bond acceptors (Lipinski definition) is 5. The molecule has 0 radical (unpaired) electrons. The summed E-state index contributed by atoms with van der Waals surface area (Å²) in [6, 6.07) is 0. The lowest BCUT2D eigenvalue weighted by Crippen LogP contribution is -2.30. The smallest absolute Gasteiger partial charge is 0.277 e. The number of rotatable bonds is 2. The number of aromatic amines is 1. The minimum absolute atomic E-state index is 0.108. The minimum Gasteiger partial charge on any atom is -0.550 e. The molecule has 0 bridgehead atoms. The topological polar surface area (TPSA) is 103 Å². The zero-order chi connectivity index (χ0) is 11.0. The van der Waals surface area contributed by atoms with Crippen molar-refractivity contribution in [3.63, 3.8) is 0 Å². The molecule has 0 fully saturated rings. The van der Waals surface area contributed by atoms with Crippen molar-refractivity contribution < 1.29 is 9.90 Å². The van der Waals surface area contributed by atoms with E-state index >= 15 is 0 Å². The van der Waals surface area contributed by atoms with Crippen LogP contribution in [0.25, 0.3) is 5.78 Å². The Bertz CT molecular complexity index is 583. The van der Waals surface area contributed by atoms with Crippen LogP contribution in [0.2, 0.25) is 0 Å². The van der Waals surface area contributed by atoms with Crippen molar-refractivity contribution in [2.75, 3.05) is 0 Å². The van der Waals surface area contributed by atoms with Crippen molar-refractivity contribution in [1.29, 1.82) is 0 Å². The molecule has 0 amide bonds. The van der Waals surface area contributed by atoms with E-state index in [-0.39, 0.29) is 11.3 Å². The van der Waals surface area contributed by atoms with Crippen LogP contribution in [0.3, 0.4) is 0 Å². The monoisotopic (exact) mass is 207 g/mol. The second-order valence-electron chi connectivity index (χ2n) is 3.05. The normalized spacial score (nSPS) is 10.7. The van der Waals surface area contributed by atoms with E-state index in [9.17, 15) is 14.7 Å². The maximum Gasteiger partial charge on any atom is 0.277 e. The molecule has 1 N–H and O–H groups in total. The van der Waals surface area contributed by atoms with Crippen molar-refractivity contribution in [2.45, 2.75) is 13.3 Å². The van der Waals surface area contributed by atoms with Crippen LogP contribution in [0.1, 0.15) is 11.3 Å². The molecule has 2 rings (SSSR count). The van der Waals surface area contributed by atoms with Gasteiger partial charge in [0.05, 0.1) is 5.69 Å². The Morgan fingerprint density at radius 2 is 2.40 bits per heavy atom. The summed E-state index contributed by atoms with van der Waals surface area (Å²) in [5.74, 6) is -1.09. The SMILES string of the molecule is Cc1nc2nc[nH]n2c(=O)c1CC(=O)[O-]. The summed E-state index contributed by atoms with van der Waals surface area (Å²) in [7, 11) is 0. The van der Waals surface area contributed by atoms with Gasteiger partial charge in [0.1, 0.15) is 6.33 Å². The van der Waals surface area contributed by atoms with Gasteiger partial charge in [0.25, 0.3) is 11.3 Å². The Balaban J connectivity index is 2.72. The number of nitrogens with one attached hydrogen (secondary N) is 1. The summed E-state index contributed by atoms with van der Waals surface area (Å²) in [5.41, 5.74) is 0.00671. The number of carboxylic acid groups (broad SMARTS) is 1. The average Bonchev–Trinajstić information content (AvgIpc) is 2.59. The van der Waals surface area contributed by atoms with Crippen LogP contribution in [0.15, 0.2) is 11.1 Å². The molecule has 7 nitrogen and oxygen atoms in total. The molecule has 0 aliphatic carbocycles. The van der Waals surface area contributed by atoms with E-state index in [0.717, 1.165) is 4.52 Å². The average molecular weight is 207 g/mol. The maximum atomic E-state index is 11.7. The van der Waals surface area contributed by atoms with Gasteiger partial charge in [0, 0.05) is 18.0 Å². The highest BCUT2D eigenvalue weighted by Crippen LogP contribution is 2.00. The van der Waals surface area contributed by atoms with Gasteiger partial charge in [-0.3, -0.25) is 9.89 Å². The zero-order valence-corrected chi connectivity index (χ0v) is 7.85. The summed E-state index contributed by atoms with van der Waals surface area (Å²) in [5, 5.41) is 13.0. The summed E-state index contributed by atoms with van der Waals surface area (Å²) in [4.78, 5) is 29.9. The molecule has 0 atom stereocenters. The number of H-pyrrole nitrogens is 1. The first-order valence-corrected chi connectivity index (χ1v) is 4.21. The number of aliphatic carboxylic acids is 1. The summed E-state index contributed by atoms with van der Waals surface area (Å²) >= 11 is 0. The van der Waals surface area contributed by atoms with Crippen LogP contribution in [0.5, 0.6) is 0 Å². The van der Waals surface area contributed by atoms with Crippen molar-refractivity contribution in [3.05, 3.63) is 27.9 Å². The predicted molar refractivity (Wildman–Crippen MR) is 47.1 cm³/mol. The van der Waals surface area contributed by atoms with Gasteiger partial charge < -0.3 is 9.90 Å². The van der Waals surface area contributed by atoms with Crippen LogP contribution in [0.4, 0.5) is 0 Å². The lowest BCUT2D eigenvalue weighted by molar-refractivity contribution is -0.304. The number of hydrogen-bond donors (Lipinski definition) is 1. The van der Waals surface area contributed by atoms with Crippen LogP contribution in [-0.2, 0) is 11.2 Å². The Morgan fingerprint density at radius 1 is 1.67 bits per heavy atom. The number of aryl methyl sites for hydroxylation is 1. The molecule has 0 spiro atoms. The molecule has 0 aliphatic heterocycles. The molecule has 0 unspecified atom stereocenters. The first kappa shape index (κ1) is 9.38. The van der Waals surface area contributed by atoms with Crippen LogP contribution < -0.4 is 10.7 Å². The Labute approximate surface area is 83.4 Å². The molecule has 2 aromatic heterocycles. The van der Waals surface area contributed by atoms with Crippen LogP contribution in [0, 0.1) is 6.92 Å². The molecule has 78 valence electrons. The fourth-order valence-corrected chi connectivity index (χ4v) is 1.34. The molecule has 0 aliphatic rings. The molecule has 15 heavy (non-hydrogen) atoms. The zero-order valence-electron chi connectivity index (χ0n) is 7.85. The van der Waals surface area contributed by atoms with Gasteiger partial charge >= 0.3 is 0 Å². The fraction of sp³-hybridized carbons (Fsp3) is 0.250. The highest BCUT2D eigenvalue weighted by atomic mass is 16.4. The van der Waals surface area contributed by atoms with E-state index in [1.54, 1.807) is 6.92 Å². The highest BCUT2D eigenvalue weighted by Gasteiger charge is 2.10. The quantitative estimate of drug-likeness (QED) is 0.614. The van der Waals surface area contributed by atoms with E-state index in [1.165, 1.54) is 6.33 Å². The second-order valence-corrected chi connectivity index (χ2v) is 3.05. The van der Waals surface area contributed by atoms with Gasteiger partial charge in [-0.1, -0.05) is 0 Å². The Morgan fingerprint density at radius 3 is 3.07 bits per heavy atom. The third-order valence-corrected chi connectivity index (χ3v) is 2.05. The number of carboxylic acids is 1. The highest BCUT2D eigenvalue weighted by molar-refractivity contribution is 5.68. The van der Waals surface area contributed by atoms with E-state index in [0.29, 0.717) is 5.69 Å². The van der Waals surface area contributed by atoms with Gasteiger partial charge in [-0.15, -0.1) is 0 Å². The summed E-state index contributed by atoms with van der Waals surface area (Å²) in [6.07, 6.45) is 0.867. The standard InChI is InChI=1S/C8H8N4O3/c1-4-5(2-6(13)14)7(15)12-8(11-4)9-3-10-12/h3H,2H2,1H3,(H,13,14)(H,9,10,11)/p-1. The number of carbonyl (C=O) groups excluding carboxylic acids is 1. The van der Waals surface area contributed by atoms with E-state index in [2.05, 4.69) is 15.1 Å². The van der Waals surface area contributed by atoms with Gasteiger partial charge in [0.15, 0.2) is 0 Å². The molecular formula is C8H7N4O3-. The van der Waals surface area contributed by atoms with Gasteiger partial charge in [-0.2, -0.15) is 4.52 Å².